The number of rotatable bonds is 37. The Labute approximate surface area is 328 Å². The van der Waals surface area contributed by atoms with Gasteiger partial charge in [-0.2, -0.15) is 0 Å². The van der Waals surface area contributed by atoms with Crippen LogP contribution in [-0.4, -0.2) is 59.3 Å². The fraction of sp³-hybridized carbons (Fsp3) is 0.689. The number of aliphatic hydroxyl groups is 1. The summed E-state index contributed by atoms with van der Waals surface area (Å²) in [4.78, 5) is 47.5. The number of carboxylic acid groups (broad SMARTS) is 1. The van der Waals surface area contributed by atoms with Crippen molar-refractivity contribution in [3.8, 4) is 0 Å². The van der Waals surface area contributed by atoms with E-state index in [0.717, 1.165) is 77.0 Å². The highest BCUT2D eigenvalue weighted by molar-refractivity contribution is 5.87. The van der Waals surface area contributed by atoms with Crippen LogP contribution in [0.3, 0.4) is 0 Å². The minimum absolute atomic E-state index is 0.142. The van der Waals surface area contributed by atoms with Crippen LogP contribution in [0, 0.1) is 0 Å². The Hall–Kier alpha value is -3.46. The van der Waals surface area contributed by atoms with Gasteiger partial charge in [-0.3, -0.25) is 14.4 Å². The van der Waals surface area contributed by atoms with E-state index in [2.05, 4.69) is 79.2 Å². The van der Waals surface area contributed by atoms with Crippen LogP contribution in [0.2, 0.25) is 0 Å². The van der Waals surface area contributed by atoms with Crippen molar-refractivity contribution in [3.05, 3.63) is 60.8 Å². The van der Waals surface area contributed by atoms with Crippen molar-refractivity contribution in [3.63, 3.8) is 0 Å². The average molecular weight is 757 g/mol. The maximum absolute atomic E-state index is 12.7. The first-order chi connectivity index (χ1) is 26.3. The molecule has 0 heterocycles. The molecule has 2 amide bonds. The molecule has 0 rings (SSSR count). The third kappa shape index (κ3) is 35.6. The predicted molar refractivity (Wildman–Crippen MR) is 222 cm³/mol. The fourth-order valence-electron chi connectivity index (χ4n) is 5.67. The summed E-state index contributed by atoms with van der Waals surface area (Å²) >= 11 is 0. The minimum atomic E-state index is -1.40. The number of aliphatic carboxylic acids is 1. The van der Waals surface area contributed by atoms with Crippen LogP contribution in [0.4, 0.5) is 0 Å². The van der Waals surface area contributed by atoms with Crippen LogP contribution < -0.4 is 10.6 Å². The van der Waals surface area contributed by atoms with Crippen LogP contribution in [0.5, 0.6) is 0 Å². The van der Waals surface area contributed by atoms with Gasteiger partial charge in [0.25, 0.3) is 0 Å². The largest absolute Gasteiger partial charge is 0.480 e. The Balaban J connectivity index is 4.29. The predicted octanol–water partition coefficient (Wildman–Crippen LogP) is 10.1. The fourth-order valence-corrected chi connectivity index (χ4v) is 5.67. The molecule has 0 fully saturated rings. The van der Waals surface area contributed by atoms with Crippen LogP contribution in [0.25, 0.3) is 0 Å². The molecule has 2 unspecified atom stereocenters. The molecule has 0 saturated heterocycles. The lowest BCUT2D eigenvalue weighted by Crippen LogP contribution is -2.47. The van der Waals surface area contributed by atoms with E-state index in [4.69, 9.17) is 14.9 Å². The van der Waals surface area contributed by atoms with Crippen molar-refractivity contribution in [2.75, 3.05) is 13.2 Å². The van der Waals surface area contributed by atoms with Gasteiger partial charge in [-0.1, -0.05) is 133 Å². The van der Waals surface area contributed by atoms with Crippen LogP contribution >= 0.6 is 0 Å². The van der Waals surface area contributed by atoms with Gasteiger partial charge in [-0.25, -0.2) is 4.79 Å². The molecular weight excluding hydrogens is 681 g/mol. The normalized spacial score (nSPS) is 13.1. The molecule has 4 N–H and O–H groups in total. The Morgan fingerprint density at radius 1 is 0.574 bits per heavy atom. The second kappa shape index (κ2) is 39.2. The summed E-state index contributed by atoms with van der Waals surface area (Å²) in [6.45, 7) is 3.37. The lowest BCUT2D eigenvalue weighted by atomic mass is 10.1. The van der Waals surface area contributed by atoms with E-state index in [-0.39, 0.29) is 30.9 Å². The smallest absolute Gasteiger partial charge is 0.328 e. The van der Waals surface area contributed by atoms with Crippen LogP contribution in [-0.2, 0) is 23.9 Å². The van der Waals surface area contributed by atoms with E-state index in [1.807, 2.05) is 6.08 Å². The standard InChI is InChI=1S/C45H76N2O7/c1-3-5-7-9-11-13-14-15-16-17-18-19-20-21-22-23-25-27-33-37-44(51)54-40(34-30-26-24-12-10-8-6-4-2)35-31-28-29-32-36-42(49)46-38-43(50)47-41(39-48)45(52)53/h11-13,15-16,18-19,24,30,34,40-41,48H,3-10,14,17,20-23,25-29,31-33,35-39H2,1-2H3,(H,46,49)(H,47,50)(H,52,53)/b13-11-,16-15-,19-18-,24-12-,34-30-. The number of amides is 2. The van der Waals surface area contributed by atoms with Gasteiger partial charge in [0.1, 0.15) is 12.1 Å². The molecule has 0 aliphatic carbocycles. The van der Waals surface area contributed by atoms with Gasteiger partial charge in [0.15, 0.2) is 0 Å². The number of unbranched alkanes of at least 4 members (excludes halogenated alkanes) is 15. The lowest BCUT2D eigenvalue weighted by molar-refractivity contribution is -0.147. The lowest BCUT2D eigenvalue weighted by Gasteiger charge is -2.15. The highest BCUT2D eigenvalue weighted by Gasteiger charge is 2.18. The first kappa shape index (κ1) is 50.5. The molecule has 0 aliphatic heterocycles. The van der Waals surface area contributed by atoms with Crippen molar-refractivity contribution in [1.29, 1.82) is 0 Å². The van der Waals surface area contributed by atoms with Crippen LogP contribution in [0.1, 0.15) is 174 Å². The first-order valence-corrected chi connectivity index (χ1v) is 21.2. The van der Waals surface area contributed by atoms with Crippen LogP contribution in [0.15, 0.2) is 60.8 Å². The summed E-state index contributed by atoms with van der Waals surface area (Å²) in [6, 6.07) is -1.40. The van der Waals surface area contributed by atoms with Gasteiger partial charge in [-0.05, 0) is 89.5 Å². The summed E-state index contributed by atoms with van der Waals surface area (Å²) in [5.74, 6) is -2.44. The topological polar surface area (TPSA) is 142 Å². The molecule has 0 aromatic carbocycles. The van der Waals surface area contributed by atoms with E-state index in [0.29, 0.717) is 12.8 Å². The molecule has 54 heavy (non-hydrogen) atoms. The Kier molecular flexibility index (Phi) is 36.7. The van der Waals surface area contributed by atoms with E-state index in [1.165, 1.54) is 64.2 Å². The van der Waals surface area contributed by atoms with Gasteiger partial charge in [0, 0.05) is 12.8 Å². The van der Waals surface area contributed by atoms with Crippen molar-refractivity contribution in [2.45, 2.75) is 187 Å². The third-order valence-corrected chi connectivity index (χ3v) is 8.97. The van der Waals surface area contributed by atoms with E-state index in [9.17, 15) is 19.2 Å². The average Bonchev–Trinajstić information content (AvgIpc) is 3.15. The van der Waals surface area contributed by atoms with Crippen molar-refractivity contribution < 1.29 is 34.1 Å². The molecule has 0 aromatic heterocycles. The zero-order chi connectivity index (χ0) is 39.7. The third-order valence-electron chi connectivity index (χ3n) is 8.97. The molecule has 9 heteroatoms. The number of hydrogen-bond acceptors (Lipinski definition) is 6. The van der Waals surface area contributed by atoms with Crippen molar-refractivity contribution in [2.24, 2.45) is 0 Å². The number of esters is 1. The summed E-state index contributed by atoms with van der Waals surface area (Å²) in [7, 11) is 0. The van der Waals surface area contributed by atoms with E-state index < -0.39 is 24.5 Å². The van der Waals surface area contributed by atoms with Crippen molar-refractivity contribution in [1.82, 2.24) is 10.6 Å². The highest BCUT2D eigenvalue weighted by Crippen LogP contribution is 2.15. The SMILES string of the molecule is CCCCC/C=C\C/C=C\C/C=C\CCCCCCCCC(=O)OC(/C=C\C/C=C\CCCCC)CCCCCCC(=O)NCC(=O)NC(CO)C(=O)O. The van der Waals surface area contributed by atoms with Gasteiger partial charge in [-0.15, -0.1) is 0 Å². The molecule has 2 atom stereocenters. The quantitative estimate of drug-likeness (QED) is 0.0281. The summed E-state index contributed by atoms with van der Waals surface area (Å²) < 4.78 is 5.88. The molecule has 0 aliphatic rings. The number of carboxylic acids is 1. The Morgan fingerprint density at radius 3 is 1.61 bits per heavy atom. The number of nitrogens with one attached hydrogen (secondary N) is 2. The molecule has 0 bridgehead atoms. The zero-order valence-electron chi connectivity index (χ0n) is 34.0. The Bertz CT molecular complexity index is 1100. The highest BCUT2D eigenvalue weighted by atomic mass is 16.5. The molecule has 9 nitrogen and oxygen atoms in total. The summed E-state index contributed by atoms with van der Waals surface area (Å²) in [5.41, 5.74) is 0. The molecular formula is C45H76N2O7. The zero-order valence-corrected chi connectivity index (χ0v) is 34.0. The maximum Gasteiger partial charge on any atom is 0.328 e. The molecule has 0 aromatic rings. The Morgan fingerprint density at radius 2 is 1.06 bits per heavy atom. The molecule has 308 valence electrons. The van der Waals surface area contributed by atoms with Crippen molar-refractivity contribution >= 4 is 23.8 Å². The second-order valence-electron chi connectivity index (χ2n) is 14.1. The number of allylic oxidation sites excluding steroid dienone is 9. The van der Waals surface area contributed by atoms with Gasteiger partial charge in [0.2, 0.25) is 11.8 Å². The first-order valence-electron chi connectivity index (χ1n) is 21.2. The van der Waals surface area contributed by atoms with E-state index in [1.54, 1.807) is 0 Å². The number of hydrogen-bond donors (Lipinski definition) is 4. The molecule has 0 saturated carbocycles. The van der Waals surface area contributed by atoms with E-state index >= 15 is 0 Å². The number of aliphatic hydroxyl groups excluding tert-OH is 1. The number of carbonyl (C=O) groups is 4. The molecule has 0 radical (unpaired) electrons. The minimum Gasteiger partial charge on any atom is -0.480 e. The monoisotopic (exact) mass is 757 g/mol. The van der Waals surface area contributed by atoms with Gasteiger partial charge in [0.05, 0.1) is 13.2 Å². The number of ether oxygens (including phenoxy) is 1. The van der Waals surface area contributed by atoms with Gasteiger partial charge >= 0.3 is 11.9 Å². The van der Waals surface area contributed by atoms with Gasteiger partial charge < -0.3 is 25.6 Å². The molecule has 0 spiro atoms. The maximum atomic E-state index is 12.7. The number of carbonyl (C=O) groups excluding carboxylic acids is 3. The second-order valence-corrected chi connectivity index (χ2v) is 14.1. The summed E-state index contributed by atoms with van der Waals surface area (Å²) in [6.07, 6.45) is 46.9. The summed E-state index contributed by atoms with van der Waals surface area (Å²) in [5, 5.41) is 22.5.